The Balaban J connectivity index is 2.99. The van der Waals surface area contributed by atoms with Gasteiger partial charge in [0.05, 0.1) is 0 Å². The summed E-state index contributed by atoms with van der Waals surface area (Å²) in [5, 5.41) is 0. The van der Waals surface area contributed by atoms with Crippen molar-refractivity contribution in [2.75, 3.05) is 0 Å². The van der Waals surface area contributed by atoms with E-state index in [-0.39, 0.29) is 23.8 Å². The van der Waals surface area contributed by atoms with E-state index in [9.17, 15) is 19.4 Å². The Morgan fingerprint density at radius 1 is 1.05 bits per heavy atom. The van der Waals surface area contributed by atoms with Crippen molar-refractivity contribution < 1.29 is 24.2 Å². The first-order valence-corrected chi connectivity index (χ1v) is 7.23. The number of aliphatic imine (C=N–C) groups is 2. The molecule has 116 valence electrons. The highest BCUT2D eigenvalue weighted by Gasteiger charge is 2.65. The highest BCUT2D eigenvalue weighted by atomic mass is 32.5. The second kappa shape index (κ2) is 4.99. The van der Waals surface area contributed by atoms with Crippen molar-refractivity contribution in [3.63, 3.8) is 0 Å². The predicted molar refractivity (Wildman–Crippen MR) is 74.8 cm³/mol. The highest BCUT2D eigenvalue weighted by molar-refractivity contribution is 8.45. The van der Waals surface area contributed by atoms with Crippen molar-refractivity contribution in [3.05, 3.63) is 48.5 Å². The van der Waals surface area contributed by atoms with Gasteiger partial charge in [-0.15, -0.1) is 0 Å². The van der Waals surface area contributed by atoms with Crippen LogP contribution < -0.4 is 4.74 Å². The summed E-state index contributed by atoms with van der Waals surface area (Å²) in [7, 11) is -9.67. The average molecular weight is 326 g/mol. The second-order valence-corrected chi connectivity index (χ2v) is 6.14. The van der Waals surface area contributed by atoms with E-state index in [0.717, 1.165) is 12.1 Å². The van der Waals surface area contributed by atoms with E-state index in [1.807, 2.05) is 0 Å². The summed E-state index contributed by atoms with van der Waals surface area (Å²) in [5.74, 6) is -0.144. The number of allylic oxidation sites excluding steroid dienone is 2. The molecule has 1 aromatic carbocycles. The Hall–Kier alpha value is -2.16. The van der Waals surface area contributed by atoms with Crippen LogP contribution in [0.1, 0.15) is 0 Å². The van der Waals surface area contributed by atoms with Gasteiger partial charge in [0, 0.05) is 12.3 Å². The molecule has 0 atom stereocenters. The van der Waals surface area contributed by atoms with Crippen molar-refractivity contribution in [2.24, 2.45) is 9.98 Å². The highest BCUT2D eigenvalue weighted by Crippen LogP contribution is 3.02. The molecule has 3 nitrogen and oxygen atoms in total. The Kier molecular flexibility index (Phi) is 4.01. The van der Waals surface area contributed by atoms with Crippen molar-refractivity contribution >= 4 is 23.7 Å². The van der Waals surface area contributed by atoms with Gasteiger partial charge in [0.2, 0.25) is 5.88 Å². The zero-order chi connectivity index (χ0) is 16.2. The van der Waals surface area contributed by atoms with Gasteiger partial charge < -0.3 is 4.74 Å². The van der Waals surface area contributed by atoms with Crippen LogP contribution in [-0.4, -0.2) is 13.4 Å². The molecule has 0 bridgehead atoms. The molecular formula is C12H11F5N2OS. The smallest absolute Gasteiger partial charge is 0.310 e. The summed E-state index contributed by atoms with van der Waals surface area (Å²) in [5.41, 5.74) is 0. The largest absolute Gasteiger partial charge is 0.439 e. The second-order valence-electron chi connectivity index (χ2n) is 3.73. The molecule has 0 aliphatic carbocycles. The predicted octanol–water partition coefficient (Wildman–Crippen LogP) is 5.48. The maximum Gasteiger partial charge on any atom is 0.310 e. The summed E-state index contributed by atoms with van der Waals surface area (Å²) < 4.78 is 67.6. The van der Waals surface area contributed by atoms with E-state index >= 15 is 0 Å². The number of ether oxygens (including phenoxy) is 1. The molecule has 0 radical (unpaired) electrons. The number of halogens is 5. The van der Waals surface area contributed by atoms with E-state index in [4.69, 9.17) is 4.74 Å². The quantitative estimate of drug-likeness (QED) is 0.295. The molecule has 0 aliphatic rings. The van der Waals surface area contributed by atoms with Gasteiger partial charge in [-0.05, 0) is 43.8 Å². The normalized spacial score (nSPS) is 16.1. The molecule has 1 rings (SSSR count). The fourth-order valence-corrected chi connectivity index (χ4v) is 1.84. The molecule has 0 unspecified atom stereocenters. The van der Waals surface area contributed by atoms with E-state index in [0.29, 0.717) is 0 Å². The first kappa shape index (κ1) is 16.9. The fraction of sp³-hybridized carbons (Fsp3) is 0. The average Bonchev–Trinajstić information content (AvgIpc) is 2.35. The molecule has 0 fully saturated rings. The van der Waals surface area contributed by atoms with Gasteiger partial charge >= 0.3 is 10.2 Å². The van der Waals surface area contributed by atoms with E-state index in [1.54, 1.807) is 0 Å². The molecule has 0 spiro atoms. The molecule has 0 saturated heterocycles. The molecule has 1 aromatic rings. The molecule has 0 amide bonds. The van der Waals surface area contributed by atoms with Crippen LogP contribution in [0.15, 0.2) is 63.4 Å². The summed E-state index contributed by atoms with van der Waals surface area (Å²) in [6, 6.07) is 2.03. The third kappa shape index (κ3) is 5.38. The Bertz CT molecular complexity index is 605. The third-order valence-corrected chi connectivity index (χ3v) is 3.24. The van der Waals surface area contributed by atoms with Gasteiger partial charge in [-0.2, -0.15) is 0 Å². The number of benzene rings is 1. The minimum atomic E-state index is -9.67. The maximum absolute atomic E-state index is 12.5. The van der Waals surface area contributed by atoms with Crippen LogP contribution in [0.5, 0.6) is 5.75 Å². The Labute approximate surface area is 117 Å². The summed E-state index contributed by atoms with van der Waals surface area (Å²) in [4.78, 5) is 4.88. The Morgan fingerprint density at radius 3 is 2.05 bits per heavy atom. The van der Waals surface area contributed by atoms with Gasteiger partial charge in [0.1, 0.15) is 10.6 Å². The topological polar surface area (TPSA) is 34.0 Å². The first-order valence-electron chi connectivity index (χ1n) is 5.27. The van der Waals surface area contributed by atoms with Crippen LogP contribution in [0.4, 0.5) is 19.4 Å². The maximum atomic E-state index is 12.5. The summed E-state index contributed by atoms with van der Waals surface area (Å²) in [6.45, 7) is 6.38. The molecule has 0 N–H and O–H groups in total. The number of nitrogens with zero attached hydrogens (tertiary/aromatic N) is 2. The van der Waals surface area contributed by atoms with Crippen LogP contribution in [0.3, 0.4) is 0 Å². The molecule has 0 aliphatic heterocycles. The van der Waals surface area contributed by atoms with Gasteiger partial charge in [-0.25, -0.2) is 4.99 Å². The van der Waals surface area contributed by atoms with Gasteiger partial charge in [-0.1, -0.05) is 19.4 Å². The van der Waals surface area contributed by atoms with E-state index in [1.165, 1.54) is 18.4 Å². The van der Waals surface area contributed by atoms with Crippen molar-refractivity contribution in [2.45, 2.75) is 4.90 Å². The SMILES string of the molecule is C=N/C=C/C=C(/N=C)Oc1ccc(S(F)(F)(F)(F)F)cc1. The van der Waals surface area contributed by atoms with E-state index < -0.39 is 15.1 Å². The lowest BCUT2D eigenvalue weighted by molar-refractivity contribution is 0.363. The number of hydrogen-bond donors (Lipinski definition) is 0. The minimum Gasteiger partial charge on any atom is -0.439 e. The lowest BCUT2D eigenvalue weighted by Crippen LogP contribution is -2.05. The monoisotopic (exact) mass is 326 g/mol. The summed E-state index contributed by atoms with van der Waals surface area (Å²) >= 11 is 0. The Morgan fingerprint density at radius 2 is 1.62 bits per heavy atom. The molecule has 9 heteroatoms. The molecule has 0 saturated carbocycles. The number of rotatable bonds is 6. The molecule has 0 aromatic heterocycles. The van der Waals surface area contributed by atoms with Crippen LogP contribution in [0.25, 0.3) is 0 Å². The van der Waals surface area contributed by atoms with Gasteiger partial charge in [-0.3, -0.25) is 4.99 Å². The first-order chi connectivity index (χ1) is 9.46. The zero-order valence-corrected chi connectivity index (χ0v) is 11.4. The van der Waals surface area contributed by atoms with E-state index in [2.05, 4.69) is 23.4 Å². The van der Waals surface area contributed by atoms with Crippen LogP contribution in [-0.2, 0) is 0 Å². The van der Waals surface area contributed by atoms with Crippen molar-refractivity contribution in [1.29, 1.82) is 0 Å². The number of hydrogen-bond acceptors (Lipinski definition) is 3. The standard InChI is InChI=1S/C12H11F5N2OS/c1-18-9-3-4-12(19-2)20-10-5-7-11(8-6-10)21(13,14,15,16)17/h3-9H,1-2H2/b9-3+,12-4-. The van der Waals surface area contributed by atoms with Crippen LogP contribution in [0.2, 0.25) is 0 Å². The molecule has 0 heterocycles. The lowest BCUT2D eigenvalue weighted by atomic mass is 10.3. The molecule has 21 heavy (non-hydrogen) atoms. The zero-order valence-electron chi connectivity index (χ0n) is 10.6. The fourth-order valence-electron chi connectivity index (χ4n) is 1.19. The van der Waals surface area contributed by atoms with Crippen LogP contribution >= 0.6 is 10.2 Å². The van der Waals surface area contributed by atoms with Crippen LogP contribution in [0, 0.1) is 0 Å². The van der Waals surface area contributed by atoms with Gasteiger partial charge in [0.25, 0.3) is 0 Å². The third-order valence-electron chi connectivity index (χ3n) is 2.08. The van der Waals surface area contributed by atoms with Crippen molar-refractivity contribution in [3.8, 4) is 5.75 Å². The lowest BCUT2D eigenvalue weighted by Gasteiger charge is -2.40. The minimum absolute atomic E-state index is 0.0463. The summed E-state index contributed by atoms with van der Waals surface area (Å²) in [6.07, 6.45) is 4.03. The molecular weight excluding hydrogens is 315 g/mol. The van der Waals surface area contributed by atoms with Gasteiger partial charge in [0.15, 0.2) is 0 Å². The van der Waals surface area contributed by atoms with Crippen molar-refractivity contribution in [1.82, 2.24) is 0 Å².